The topological polar surface area (TPSA) is 0 Å². The molecule has 0 amide bonds. The summed E-state index contributed by atoms with van der Waals surface area (Å²) in [4.78, 5) is 0. The standard InChI is InChI=1S/C11H12/c1-9-8-11(9,2)10-6-4-3-5-7-10/h3-7H,1,8H2,2H3. The fourth-order valence-electron chi connectivity index (χ4n) is 1.49. The number of allylic oxidation sites excluding steroid dienone is 1. The summed E-state index contributed by atoms with van der Waals surface area (Å²) < 4.78 is 0. The van der Waals surface area contributed by atoms with Gasteiger partial charge < -0.3 is 0 Å². The molecule has 0 saturated heterocycles. The van der Waals surface area contributed by atoms with E-state index < -0.39 is 0 Å². The molecule has 1 aliphatic rings. The molecule has 1 saturated carbocycles. The molecule has 0 radical (unpaired) electrons. The summed E-state index contributed by atoms with van der Waals surface area (Å²) in [6, 6.07) is 10.6. The number of rotatable bonds is 1. The van der Waals surface area contributed by atoms with E-state index in [1.165, 1.54) is 11.1 Å². The van der Waals surface area contributed by atoms with Gasteiger partial charge in [-0.3, -0.25) is 0 Å². The van der Waals surface area contributed by atoms with Gasteiger partial charge in [-0.15, -0.1) is 0 Å². The van der Waals surface area contributed by atoms with E-state index in [9.17, 15) is 0 Å². The van der Waals surface area contributed by atoms with Crippen LogP contribution >= 0.6 is 0 Å². The Morgan fingerprint density at radius 3 is 2.27 bits per heavy atom. The zero-order valence-corrected chi connectivity index (χ0v) is 6.80. The molecule has 1 aromatic rings. The minimum atomic E-state index is 0.307. The van der Waals surface area contributed by atoms with Crippen molar-refractivity contribution < 1.29 is 0 Å². The Bertz CT molecular complexity index is 284. The summed E-state index contributed by atoms with van der Waals surface area (Å²) in [5.41, 5.74) is 3.08. The largest absolute Gasteiger partial charge is 0.0989 e. The minimum absolute atomic E-state index is 0.307. The van der Waals surface area contributed by atoms with Crippen molar-refractivity contribution >= 4 is 0 Å². The van der Waals surface area contributed by atoms with Gasteiger partial charge in [0.05, 0.1) is 0 Å². The second-order valence-corrected chi connectivity index (χ2v) is 3.48. The van der Waals surface area contributed by atoms with Crippen LogP contribution in [0.25, 0.3) is 0 Å². The molecule has 11 heavy (non-hydrogen) atoms. The van der Waals surface area contributed by atoms with Crippen LogP contribution in [-0.2, 0) is 5.41 Å². The molecule has 0 heteroatoms. The molecule has 1 unspecified atom stereocenters. The lowest BCUT2D eigenvalue weighted by atomic mass is 9.98. The first-order chi connectivity index (χ1) is 5.23. The van der Waals surface area contributed by atoms with Crippen molar-refractivity contribution in [3.63, 3.8) is 0 Å². The molecule has 0 heterocycles. The van der Waals surface area contributed by atoms with Crippen molar-refractivity contribution in [2.45, 2.75) is 18.8 Å². The van der Waals surface area contributed by atoms with Crippen LogP contribution in [0.5, 0.6) is 0 Å². The van der Waals surface area contributed by atoms with Crippen LogP contribution < -0.4 is 0 Å². The first-order valence-corrected chi connectivity index (χ1v) is 3.97. The zero-order chi connectivity index (χ0) is 7.90. The second-order valence-electron chi connectivity index (χ2n) is 3.48. The fourth-order valence-corrected chi connectivity index (χ4v) is 1.49. The average molecular weight is 144 g/mol. The second kappa shape index (κ2) is 1.97. The third-order valence-electron chi connectivity index (χ3n) is 2.63. The highest BCUT2D eigenvalue weighted by molar-refractivity contribution is 5.46. The van der Waals surface area contributed by atoms with Gasteiger partial charge in [0, 0.05) is 5.41 Å². The van der Waals surface area contributed by atoms with E-state index in [1.54, 1.807) is 0 Å². The van der Waals surface area contributed by atoms with Gasteiger partial charge >= 0.3 is 0 Å². The Labute approximate surface area is 67.6 Å². The molecule has 1 atom stereocenters. The maximum Gasteiger partial charge on any atom is 0.0168 e. The van der Waals surface area contributed by atoms with Gasteiger partial charge in [0.2, 0.25) is 0 Å². The van der Waals surface area contributed by atoms with Crippen LogP contribution in [0.4, 0.5) is 0 Å². The molecular weight excluding hydrogens is 132 g/mol. The molecule has 0 N–H and O–H groups in total. The van der Waals surface area contributed by atoms with Crippen molar-refractivity contribution in [2.75, 3.05) is 0 Å². The molecule has 0 aliphatic heterocycles. The van der Waals surface area contributed by atoms with E-state index in [0.29, 0.717) is 5.41 Å². The van der Waals surface area contributed by atoms with Gasteiger partial charge in [-0.25, -0.2) is 0 Å². The van der Waals surface area contributed by atoms with E-state index in [1.807, 2.05) is 0 Å². The van der Waals surface area contributed by atoms with E-state index in [0.717, 1.165) is 6.42 Å². The molecule has 0 bridgehead atoms. The minimum Gasteiger partial charge on any atom is -0.0989 e. The van der Waals surface area contributed by atoms with Crippen molar-refractivity contribution in [3.8, 4) is 0 Å². The van der Waals surface area contributed by atoms with Gasteiger partial charge in [-0.1, -0.05) is 49.4 Å². The maximum absolute atomic E-state index is 4.00. The summed E-state index contributed by atoms with van der Waals surface area (Å²) in [7, 11) is 0. The first kappa shape index (κ1) is 6.66. The summed E-state index contributed by atoms with van der Waals surface area (Å²) in [5, 5.41) is 0. The summed E-state index contributed by atoms with van der Waals surface area (Å²) in [5.74, 6) is 0. The lowest BCUT2D eigenvalue weighted by Gasteiger charge is -2.06. The molecular formula is C11H12. The number of benzene rings is 1. The molecule has 1 aromatic carbocycles. The van der Waals surface area contributed by atoms with E-state index in [4.69, 9.17) is 0 Å². The van der Waals surface area contributed by atoms with Gasteiger partial charge in [-0.2, -0.15) is 0 Å². The van der Waals surface area contributed by atoms with Gasteiger partial charge in [0.1, 0.15) is 0 Å². The van der Waals surface area contributed by atoms with Crippen molar-refractivity contribution in [3.05, 3.63) is 48.0 Å². The first-order valence-electron chi connectivity index (χ1n) is 3.97. The quantitative estimate of drug-likeness (QED) is 0.532. The van der Waals surface area contributed by atoms with Gasteiger partial charge in [0.15, 0.2) is 0 Å². The smallest absolute Gasteiger partial charge is 0.0168 e. The Kier molecular flexibility index (Phi) is 1.19. The van der Waals surface area contributed by atoms with Crippen molar-refractivity contribution in [1.29, 1.82) is 0 Å². The molecule has 2 rings (SSSR count). The van der Waals surface area contributed by atoms with Gasteiger partial charge in [0.25, 0.3) is 0 Å². The van der Waals surface area contributed by atoms with Crippen LogP contribution in [0.1, 0.15) is 18.9 Å². The highest BCUT2D eigenvalue weighted by Gasteiger charge is 2.43. The average Bonchev–Trinajstić information content (AvgIpc) is 2.64. The SMILES string of the molecule is C=C1CC1(C)c1ccccc1. The van der Waals surface area contributed by atoms with Gasteiger partial charge in [-0.05, 0) is 12.0 Å². The van der Waals surface area contributed by atoms with Crippen LogP contribution in [0.2, 0.25) is 0 Å². The van der Waals surface area contributed by atoms with Crippen LogP contribution in [-0.4, -0.2) is 0 Å². The Morgan fingerprint density at radius 1 is 1.27 bits per heavy atom. The summed E-state index contributed by atoms with van der Waals surface area (Å²) >= 11 is 0. The molecule has 56 valence electrons. The third kappa shape index (κ3) is 0.900. The summed E-state index contributed by atoms with van der Waals surface area (Å²) in [6.45, 7) is 6.25. The normalized spacial score (nSPS) is 28.6. The molecule has 0 aromatic heterocycles. The molecule has 0 spiro atoms. The predicted octanol–water partition coefficient (Wildman–Crippen LogP) is 2.90. The highest BCUT2D eigenvalue weighted by Crippen LogP contribution is 2.51. The van der Waals surface area contributed by atoms with E-state index >= 15 is 0 Å². The highest BCUT2D eigenvalue weighted by atomic mass is 14.5. The van der Waals surface area contributed by atoms with Crippen molar-refractivity contribution in [1.82, 2.24) is 0 Å². The Hall–Kier alpha value is -1.04. The molecule has 1 fully saturated rings. The third-order valence-corrected chi connectivity index (χ3v) is 2.63. The van der Waals surface area contributed by atoms with Crippen LogP contribution in [0, 0.1) is 0 Å². The fraction of sp³-hybridized carbons (Fsp3) is 0.273. The van der Waals surface area contributed by atoms with E-state index in [2.05, 4.69) is 43.8 Å². The van der Waals surface area contributed by atoms with Crippen LogP contribution in [0.3, 0.4) is 0 Å². The maximum atomic E-state index is 4.00. The Balaban J connectivity index is 2.39. The van der Waals surface area contributed by atoms with Crippen molar-refractivity contribution in [2.24, 2.45) is 0 Å². The molecule has 0 nitrogen and oxygen atoms in total. The van der Waals surface area contributed by atoms with E-state index in [-0.39, 0.29) is 0 Å². The van der Waals surface area contributed by atoms with Crippen LogP contribution in [0.15, 0.2) is 42.5 Å². The Morgan fingerprint density at radius 2 is 1.82 bits per heavy atom. The predicted molar refractivity (Wildman–Crippen MR) is 47.6 cm³/mol. The lowest BCUT2D eigenvalue weighted by Crippen LogP contribution is -1.98. The molecule has 1 aliphatic carbocycles. The summed E-state index contributed by atoms with van der Waals surface area (Å²) in [6.07, 6.45) is 1.16. The zero-order valence-electron chi connectivity index (χ0n) is 6.80. The number of hydrogen-bond donors (Lipinski definition) is 0. The lowest BCUT2D eigenvalue weighted by molar-refractivity contribution is 0.822. The monoisotopic (exact) mass is 144 g/mol. The number of hydrogen-bond acceptors (Lipinski definition) is 0.